The van der Waals surface area contributed by atoms with Crippen LogP contribution in [0.1, 0.15) is 50.7 Å². The number of hydrogen-bond donors (Lipinski definition) is 0. The first-order chi connectivity index (χ1) is 38.7. The van der Waals surface area contributed by atoms with E-state index in [2.05, 4.69) is 6.07 Å². The van der Waals surface area contributed by atoms with E-state index in [1.165, 1.54) is 66.7 Å². The van der Waals surface area contributed by atoms with Crippen molar-refractivity contribution >= 4 is 84.0 Å². The Hall–Kier alpha value is -3.58. The van der Waals surface area contributed by atoms with Gasteiger partial charge in [0, 0.05) is 32.9 Å². The topological polar surface area (TPSA) is 299 Å². The molecule has 27 heteroatoms. The van der Waals surface area contributed by atoms with Crippen molar-refractivity contribution in [3.05, 3.63) is 196 Å². The summed E-state index contributed by atoms with van der Waals surface area (Å²) >= 11 is 0. The van der Waals surface area contributed by atoms with Crippen molar-refractivity contribution in [1.29, 1.82) is 0 Å². The molecule has 416 valence electrons. The van der Waals surface area contributed by atoms with Gasteiger partial charge >= 0.3 is 148 Å². The molecule has 11 aromatic rings. The second-order valence-corrected chi connectivity index (χ2v) is 25.3. The molecule has 18 nitrogen and oxygen atoms in total. The SMILES string of the molecule is CC(C)c1cccc(C(C)C)c1-n1c(=O)c2cc(Oc3ccc(S(=O)(=O)[O-])cc3-c3ccc(S(=O)(=O)[O-])cc3)c3oc4ccccc4c4c(Oc5c(-c6ccc(S(=O)(=O)[O-])cc6)c[c-]cc5-c5ccc(S(=O)(=O)[O-])cc5)cc(c1=O)c2c34.[Na+].[Na+].[Na+].[Na+].[Na+]. The van der Waals surface area contributed by atoms with Gasteiger partial charge in [0.15, 0.2) is 11.3 Å². The summed E-state index contributed by atoms with van der Waals surface area (Å²) in [6.45, 7) is 7.65. The fourth-order valence-corrected chi connectivity index (χ4v) is 12.1. The maximum atomic E-state index is 15.8. The van der Waals surface area contributed by atoms with Gasteiger partial charge in [0.05, 0.1) is 36.0 Å². The minimum absolute atomic E-state index is 0. The van der Waals surface area contributed by atoms with Crippen molar-refractivity contribution in [2.24, 2.45) is 0 Å². The van der Waals surface area contributed by atoms with Gasteiger partial charge in [0.25, 0.3) is 11.1 Å². The van der Waals surface area contributed by atoms with Crippen molar-refractivity contribution in [3.8, 4) is 62.1 Å². The first-order valence-electron chi connectivity index (χ1n) is 24.8. The summed E-state index contributed by atoms with van der Waals surface area (Å²) in [7, 11) is -19.9. The van der Waals surface area contributed by atoms with E-state index in [0.717, 1.165) is 53.1 Å². The molecule has 0 unspecified atom stereocenters. The Bertz CT molecular complexity index is 4960. The van der Waals surface area contributed by atoms with Crippen LogP contribution in [0.4, 0.5) is 0 Å². The van der Waals surface area contributed by atoms with Gasteiger partial charge in [-0.3, -0.25) is 9.59 Å². The third-order valence-corrected chi connectivity index (χ3v) is 17.4. The van der Waals surface area contributed by atoms with E-state index in [-0.39, 0.29) is 243 Å². The fraction of sp³-hybridized carbons (Fsp3) is 0.100. The molecule has 0 saturated carbocycles. The van der Waals surface area contributed by atoms with Gasteiger partial charge in [-0.25, -0.2) is 38.2 Å². The molecule has 11 rings (SSSR count). The van der Waals surface area contributed by atoms with Crippen molar-refractivity contribution < 1.29 is 214 Å². The van der Waals surface area contributed by atoms with E-state index < -0.39 is 71.2 Å². The number of hydrogen-bond acceptors (Lipinski definition) is 17. The van der Waals surface area contributed by atoms with Crippen LogP contribution in [0.25, 0.3) is 82.6 Å². The molecule has 0 aliphatic heterocycles. The summed E-state index contributed by atoms with van der Waals surface area (Å²) < 4.78 is 168. The molecule has 0 saturated heterocycles. The number of aromatic nitrogens is 1. The monoisotopic (exact) mass is 1290 g/mol. The van der Waals surface area contributed by atoms with Crippen molar-refractivity contribution in [1.82, 2.24) is 4.57 Å². The molecule has 87 heavy (non-hydrogen) atoms. The minimum atomic E-state index is -5.13. The van der Waals surface area contributed by atoms with E-state index in [0.29, 0.717) is 33.3 Å². The van der Waals surface area contributed by atoms with E-state index in [1.807, 2.05) is 45.9 Å². The van der Waals surface area contributed by atoms with Gasteiger partial charge in [-0.15, -0.1) is 0 Å². The van der Waals surface area contributed by atoms with E-state index >= 15 is 9.59 Å². The van der Waals surface area contributed by atoms with Gasteiger partial charge in [-0.2, -0.15) is 18.2 Å². The standard InChI is InChI=1S/C60H44NO17S4.5Na/c1-32(2)41-10-7-11-42(33(3)4)56(41)61-59(62)47-30-51(78-57-43(34-15-21-37(22-16-34)79(64,65)66)12-8-13-44(57)35-17-23-38(24-18-35)80(67,68)69)54-45-9-5-6-14-49(45)77-58-52(31-48(60(61)63)53(47)55(54)58)76-50-28-27-40(82(73,74)75)29-46(50)36-19-25-39(26-20-36)81(70,71)72;;;;;/h5-7,9-33H,1-4H3,(H,64,65,66)(H,67,68,69)(H,70,71,72)(H,73,74,75);;;;;/q-1;5*+1/p-4. The van der Waals surface area contributed by atoms with Crippen LogP contribution in [0, 0.1) is 6.07 Å². The summed E-state index contributed by atoms with van der Waals surface area (Å²) in [5.74, 6) is -0.847. The zero-order valence-electron chi connectivity index (χ0n) is 48.2. The second kappa shape index (κ2) is 27.7. The van der Waals surface area contributed by atoms with Crippen LogP contribution in [0.2, 0.25) is 0 Å². The number of nitrogens with zero attached hydrogens (tertiary/aromatic N) is 1. The van der Waals surface area contributed by atoms with Gasteiger partial charge < -0.3 is 32.1 Å². The molecule has 0 fully saturated rings. The molecule has 0 atom stereocenters. The minimum Gasteiger partial charge on any atom is -0.744 e. The second-order valence-electron chi connectivity index (χ2n) is 19.8. The van der Waals surface area contributed by atoms with Crippen LogP contribution in [0.15, 0.2) is 191 Å². The smallest absolute Gasteiger partial charge is 0.744 e. The third kappa shape index (κ3) is 14.1. The van der Waals surface area contributed by atoms with Crippen LogP contribution >= 0.6 is 0 Å². The van der Waals surface area contributed by atoms with E-state index in [4.69, 9.17) is 13.9 Å². The van der Waals surface area contributed by atoms with Crippen molar-refractivity contribution in [3.63, 3.8) is 0 Å². The Morgan fingerprint density at radius 1 is 0.437 bits per heavy atom. The van der Waals surface area contributed by atoms with Gasteiger partial charge in [0.2, 0.25) is 0 Å². The number of rotatable bonds is 14. The van der Waals surface area contributed by atoms with Gasteiger partial charge in [-0.1, -0.05) is 123 Å². The maximum Gasteiger partial charge on any atom is 1.00 e. The first-order valence-corrected chi connectivity index (χ1v) is 30.5. The quantitative estimate of drug-likeness (QED) is 0.0331. The van der Waals surface area contributed by atoms with Crippen LogP contribution in [-0.2, 0) is 40.5 Å². The number of pyridine rings is 1. The van der Waals surface area contributed by atoms with E-state index in [1.54, 1.807) is 24.3 Å². The normalized spacial score (nSPS) is 11.9. The number of para-hydroxylation sites is 2. The zero-order chi connectivity index (χ0) is 58.5. The molecular formula is C60H40NNa5O17S4. The summed E-state index contributed by atoms with van der Waals surface area (Å²) in [5, 5.41) is 0.671. The Balaban J connectivity index is 0.00000242. The zero-order valence-corrected chi connectivity index (χ0v) is 61.5. The van der Waals surface area contributed by atoms with Crippen molar-refractivity contribution in [2.75, 3.05) is 0 Å². The molecule has 0 spiro atoms. The number of benzene rings is 9. The molecule has 2 heterocycles. The largest absolute Gasteiger partial charge is 1.00 e. The Labute approximate surface area is 610 Å². The Morgan fingerprint density at radius 3 is 1.31 bits per heavy atom. The molecule has 0 bridgehead atoms. The maximum absolute atomic E-state index is 15.8. The molecule has 0 amide bonds. The summed E-state index contributed by atoms with van der Waals surface area (Å²) in [5.41, 5.74) is 1.27. The number of ether oxygens (including phenoxy) is 2. The molecular weight excluding hydrogens is 1250 g/mol. The van der Waals surface area contributed by atoms with E-state index in [9.17, 15) is 51.9 Å². The average molecular weight is 1290 g/mol. The van der Waals surface area contributed by atoms with Crippen LogP contribution in [0.5, 0.6) is 23.0 Å². The van der Waals surface area contributed by atoms with Crippen LogP contribution in [0.3, 0.4) is 0 Å². The van der Waals surface area contributed by atoms with Crippen LogP contribution < -0.4 is 168 Å². The Morgan fingerprint density at radius 2 is 0.862 bits per heavy atom. The fourth-order valence-electron chi connectivity index (χ4n) is 10.2. The van der Waals surface area contributed by atoms with Gasteiger partial charge in [0.1, 0.15) is 57.6 Å². The average Bonchev–Trinajstić information content (AvgIpc) is 0.769. The Kier molecular flexibility index (Phi) is 23.1. The summed E-state index contributed by atoms with van der Waals surface area (Å²) in [6, 6.07) is 38.4. The predicted molar refractivity (Wildman–Crippen MR) is 300 cm³/mol. The molecule has 0 aliphatic carbocycles. The molecule has 0 radical (unpaired) electrons. The molecule has 9 aromatic carbocycles. The summed E-state index contributed by atoms with van der Waals surface area (Å²) in [4.78, 5) is 29.2. The van der Waals surface area contributed by atoms with Crippen LogP contribution in [-0.4, -0.2) is 56.4 Å². The molecule has 0 aliphatic rings. The molecule has 0 N–H and O–H groups in total. The third-order valence-electron chi connectivity index (χ3n) is 14.1. The van der Waals surface area contributed by atoms with Gasteiger partial charge in [-0.05, 0) is 101 Å². The van der Waals surface area contributed by atoms with Crippen molar-refractivity contribution in [2.45, 2.75) is 59.1 Å². The molecule has 2 aromatic heterocycles. The number of fused-ring (bicyclic) bond motifs is 2. The predicted octanol–water partition coefficient (Wildman–Crippen LogP) is -3.89. The first kappa shape index (κ1) is 72.5. The summed E-state index contributed by atoms with van der Waals surface area (Å²) in [6.07, 6.45) is 0.